The fraction of sp³-hybridized carbons (Fsp3) is 0.500. The highest BCUT2D eigenvalue weighted by molar-refractivity contribution is 14.0. The smallest absolute Gasteiger partial charge is 0.416 e. The highest BCUT2D eigenvalue weighted by Gasteiger charge is 2.30. The number of hydrogen-bond acceptors (Lipinski definition) is 2. The Hall–Kier alpha value is -1.19. The second kappa shape index (κ2) is 9.75. The molecule has 0 bridgehead atoms. The van der Waals surface area contributed by atoms with Crippen molar-refractivity contribution in [1.82, 2.24) is 4.90 Å². The molecule has 0 saturated carbocycles. The zero-order valence-electron chi connectivity index (χ0n) is 12.6. The molecule has 0 atom stereocenters. The Morgan fingerprint density at radius 3 is 2.45 bits per heavy atom. The molecule has 0 aliphatic carbocycles. The van der Waals surface area contributed by atoms with Crippen LogP contribution in [0, 0.1) is 0 Å². The molecule has 1 aromatic carbocycles. The second-order valence-electron chi connectivity index (χ2n) is 4.29. The van der Waals surface area contributed by atoms with Crippen LogP contribution in [0.15, 0.2) is 29.3 Å². The number of benzene rings is 1. The summed E-state index contributed by atoms with van der Waals surface area (Å²) < 4.78 is 42.8. The first-order valence-corrected chi connectivity index (χ1v) is 6.73. The van der Waals surface area contributed by atoms with Crippen molar-refractivity contribution in [3.8, 4) is 5.75 Å². The number of halogens is 4. The SMILES string of the molecule is CCN(CC)C(N)=NCCOc1cccc(C(F)(F)F)c1.I. The summed E-state index contributed by atoms with van der Waals surface area (Å²) in [7, 11) is 0. The molecule has 4 nitrogen and oxygen atoms in total. The number of aliphatic imine (C=N–C) groups is 1. The number of nitrogens with two attached hydrogens (primary N) is 1. The third-order valence-corrected chi connectivity index (χ3v) is 2.88. The van der Waals surface area contributed by atoms with Crippen LogP contribution in [0.3, 0.4) is 0 Å². The van der Waals surface area contributed by atoms with Crippen molar-refractivity contribution in [3.63, 3.8) is 0 Å². The van der Waals surface area contributed by atoms with Crippen LogP contribution in [0.25, 0.3) is 0 Å². The Labute approximate surface area is 145 Å². The van der Waals surface area contributed by atoms with E-state index in [1.165, 1.54) is 12.1 Å². The lowest BCUT2D eigenvalue weighted by Gasteiger charge is -2.19. The normalized spacial score (nSPS) is 11.8. The number of guanidine groups is 1. The Kier molecular flexibility index (Phi) is 9.22. The molecular formula is C14H21F3IN3O. The van der Waals surface area contributed by atoms with Gasteiger partial charge in [-0.2, -0.15) is 13.2 Å². The quantitative estimate of drug-likeness (QED) is 0.325. The van der Waals surface area contributed by atoms with E-state index in [4.69, 9.17) is 10.5 Å². The molecule has 0 amide bonds. The van der Waals surface area contributed by atoms with Gasteiger partial charge in [-0.1, -0.05) is 6.07 Å². The maximum Gasteiger partial charge on any atom is 0.416 e. The molecule has 0 saturated heterocycles. The third kappa shape index (κ3) is 6.71. The van der Waals surface area contributed by atoms with Crippen LogP contribution in [0.5, 0.6) is 5.75 Å². The van der Waals surface area contributed by atoms with Crippen molar-refractivity contribution >= 4 is 29.9 Å². The lowest BCUT2D eigenvalue weighted by molar-refractivity contribution is -0.137. The van der Waals surface area contributed by atoms with Crippen LogP contribution in [0.2, 0.25) is 0 Å². The number of rotatable bonds is 6. The van der Waals surface area contributed by atoms with Gasteiger partial charge >= 0.3 is 6.18 Å². The van der Waals surface area contributed by atoms with Crippen LogP contribution in [0.4, 0.5) is 13.2 Å². The first-order valence-electron chi connectivity index (χ1n) is 6.73. The molecule has 126 valence electrons. The van der Waals surface area contributed by atoms with Crippen molar-refractivity contribution in [3.05, 3.63) is 29.8 Å². The molecule has 0 unspecified atom stereocenters. The van der Waals surface area contributed by atoms with Gasteiger partial charge in [0.25, 0.3) is 0 Å². The zero-order chi connectivity index (χ0) is 15.9. The standard InChI is InChI=1S/C14H20F3N3O.HI/c1-3-20(4-2)13(18)19-8-9-21-12-7-5-6-11(10-12)14(15,16)17;/h5-7,10H,3-4,8-9H2,1-2H3,(H2,18,19);1H. The minimum absolute atomic E-state index is 0. The molecule has 1 aromatic rings. The monoisotopic (exact) mass is 431 g/mol. The summed E-state index contributed by atoms with van der Waals surface area (Å²) in [5.41, 5.74) is 5.04. The molecule has 2 N–H and O–H groups in total. The van der Waals surface area contributed by atoms with E-state index in [-0.39, 0.29) is 36.3 Å². The van der Waals surface area contributed by atoms with Crippen molar-refractivity contribution in [2.45, 2.75) is 20.0 Å². The number of alkyl halides is 3. The lowest BCUT2D eigenvalue weighted by Crippen LogP contribution is -2.37. The molecule has 22 heavy (non-hydrogen) atoms. The predicted molar refractivity (Wildman–Crippen MR) is 91.8 cm³/mol. The fourth-order valence-electron chi connectivity index (χ4n) is 1.73. The maximum absolute atomic E-state index is 12.5. The molecule has 0 fully saturated rings. The minimum atomic E-state index is -4.37. The molecule has 0 heterocycles. The van der Waals surface area contributed by atoms with E-state index in [0.29, 0.717) is 12.5 Å². The Morgan fingerprint density at radius 2 is 1.91 bits per heavy atom. The average molecular weight is 431 g/mol. The van der Waals surface area contributed by atoms with Gasteiger partial charge in [-0.25, -0.2) is 4.99 Å². The van der Waals surface area contributed by atoms with E-state index in [1.54, 1.807) is 0 Å². The first-order chi connectivity index (χ1) is 9.88. The summed E-state index contributed by atoms with van der Waals surface area (Å²) in [6.07, 6.45) is -4.37. The summed E-state index contributed by atoms with van der Waals surface area (Å²) in [4.78, 5) is 6.00. The van der Waals surface area contributed by atoms with E-state index < -0.39 is 11.7 Å². The molecule has 1 rings (SSSR count). The molecule has 0 aromatic heterocycles. The van der Waals surface area contributed by atoms with Gasteiger partial charge in [-0.05, 0) is 32.0 Å². The molecular weight excluding hydrogens is 410 g/mol. The van der Waals surface area contributed by atoms with Crippen molar-refractivity contribution in [1.29, 1.82) is 0 Å². The first kappa shape index (κ1) is 20.8. The molecule has 0 aliphatic heterocycles. The van der Waals surface area contributed by atoms with Crippen molar-refractivity contribution in [2.75, 3.05) is 26.2 Å². The van der Waals surface area contributed by atoms with Gasteiger partial charge in [-0.3, -0.25) is 0 Å². The largest absolute Gasteiger partial charge is 0.492 e. The van der Waals surface area contributed by atoms with E-state index in [9.17, 15) is 13.2 Å². The van der Waals surface area contributed by atoms with Gasteiger partial charge in [0.15, 0.2) is 5.96 Å². The number of hydrogen-bond donors (Lipinski definition) is 1. The van der Waals surface area contributed by atoms with E-state index in [1.807, 2.05) is 18.7 Å². The van der Waals surface area contributed by atoms with Crippen LogP contribution >= 0.6 is 24.0 Å². The van der Waals surface area contributed by atoms with E-state index >= 15 is 0 Å². The summed E-state index contributed by atoms with van der Waals surface area (Å²) in [6, 6.07) is 4.76. The van der Waals surface area contributed by atoms with Gasteiger partial charge in [0, 0.05) is 13.1 Å². The maximum atomic E-state index is 12.5. The van der Waals surface area contributed by atoms with Crippen LogP contribution < -0.4 is 10.5 Å². The Balaban J connectivity index is 0.00000441. The van der Waals surface area contributed by atoms with Crippen LogP contribution in [-0.4, -0.2) is 37.1 Å². The van der Waals surface area contributed by atoms with E-state index in [0.717, 1.165) is 25.2 Å². The molecule has 8 heteroatoms. The lowest BCUT2D eigenvalue weighted by atomic mass is 10.2. The summed E-state index contributed by atoms with van der Waals surface area (Å²) in [5, 5.41) is 0. The van der Waals surface area contributed by atoms with Crippen LogP contribution in [0.1, 0.15) is 19.4 Å². The molecule has 0 spiro atoms. The minimum Gasteiger partial charge on any atom is -0.492 e. The fourth-order valence-corrected chi connectivity index (χ4v) is 1.73. The summed E-state index contributed by atoms with van der Waals surface area (Å²) in [6.45, 7) is 5.89. The summed E-state index contributed by atoms with van der Waals surface area (Å²) >= 11 is 0. The molecule has 0 aliphatic rings. The Bertz CT molecular complexity index is 477. The summed E-state index contributed by atoms with van der Waals surface area (Å²) in [5.74, 6) is 0.578. The van der Waals surface area contributed by atoms with Gasteiger partial charge in [0.05, 0.1) is 12.1 Å². The average Bonchev–Trinajstić information content (AvgIpc) is 2.44. The topological polar surface area (TPSA) is 50.8 Å². The predicted octanol–water partition coefficient (Wildman–Crippen LogP) is 3.36. The van der Waals surface area contributed by atoms with Crippen LogP contribution in [-0.2, 0) is 6.18 Å². The van der Waals surface area contributed by atoms with Gasteiger partial charge < -0.3 is 15.4 Å². The van der Waals surface area contributed by atoms with Gasteiger partial charge in [0.2, 0.25) is 0 Å². The second-order valence-corrected chi connectivity index (χ2v) is 4.29. The highest BCUT2D eigenvalue weighted by atomic mass is 127. The molecule has 0 radical (unpaired) electrons. The van der Waals surface area contributed by atoms with Crippen molar-refractivity contribution < 1.29 is 17.9 Å². The highest BCUT2D eigenvalue weighted by Crippen LogP contribution is 2.31. The Morgan fingerprint density at radius 1 is 1.27 bits per heavy atom. The third-order valence-electron chi connectivity index (χ3n) is 2.88. The van der Waals surface area contributed by atoms with Gasteiger partial charge in [0.1, 0.15) is 12.4 Å². The van der Waals surface area contributed by atoms with Crippen molar-refractivity contribution in [2.24, 2.45) is 10.7 Å². The number of nitrogens with zero attached hydrogens (tertiary/aromatic N) is 2. The zero-order valence-corrected chi connectivity index (χ0v) is 14.9. The number of ether oxygens (including phenoxy) is 1. The van der Waals surface area contributed by atoms with E-state index in [2.05, 4.69) is 4.99 Å². The van der Waals surface area contributed by atoms with Gasteiger partial charge in [-0.15, -0.1) is 24.0 Å².